The first-order valence-electron chi connectivity index (χ1n) is 8.22. The zero-order valence-corrected chi connectivity index (χ0v) is 15.0. The van der Waals surface area contributed by atoms with Crippen molar-refractivity contribution in [1.29, 1.82) is 0 Å². The van der Waals surface area contributed by atoms with Crippen LogP contribution in [-0.4, -0.2) is 42.1 Å². The smallest absolute Gasteiger partial charge is 0.263 e. The summed E-state index contributed by atoms with van der Waals surface area (Å²) in [6, 6.07) is 8.19. The van der Waals surface area contributed by atoms with Crippen molar-refractivity contribution in [1.82, 2.24) is 15.2 Å². The molecule has 0 atom stereocenters. The van der Waals surface area contributed by atoms with Gasteiger partial charge in [0.1, 0.15) is 9.88 Å². The molecule has 0 radical (unpaired) electrons. The normalized spacial score (nSPS) is 15.4. The van der Waals surface area contributed by atoms with E-state index in [4.69, 9.17) is 4.74 Å². The Morgan fingerprint density at radius 3 is 2.67 bits per heavy atom. The largest absolute Gasteiger partial charge is 0.379 e. The van der Waals surface area contributed by atoms with Crippen LogP contribution in [0, 0.1) is 13.8 Å². The number of nitrogens with zero attached hydrogens (tertiary/aromatic N) is 2. The number of hydrogen-bond donors (Lipinski definition) is 1. The highest BCUT2D eigenvalue weighted by Gasteiger charge is 2.18. The van der Waals surface area contributed by atoms with Gasteiger partial charge in [-0.3, -0.25) is 9.69 Å². The first-order valence-corrected chi connectivity index (χ1v) is 9.03. The first kappa shape index (κ1) is 17.1. The second-order valence-corrected chi connectivity index (χ2v) is 7.16. The van der Waals surface area contributed by atoms with Gasteiger partial charge in [0.05, 0.1) is 25.5 Å². The molecule has 2 aromatic rings. The lowest BCUT2D eigenvalue weighted by atomic mass is 10.1. The molecule has 1 saturated heterocycles. The van der Waals surface area contributed by atoms with Crippen LogP contribution in [0.3, 0.4) is 0 Å². The lowest BCUT2D eigenvalue weighted by Crippen LogP contribution is -2.35. The Balaban J connectivity index is 1.59. The molecule has 1 aromatic carbocycles. The van der Waals surface area contributed by atoms with Gasteiger partial charge in [-0.05, 0) is 19.4 Å². The van der Waals surface area contributed by atoms with Crippen LogP contribution in [0.15, 0.2) is 24.3 Å². The number of aromatic nitrogens is 1. The van der Waals surface area contributed by atoms with Gasteiger partial charge in [-0.2, -0.15) is 0 Å². The zero-order valence-electron chi connectivity index (χ0n) is 14.2. The Kier molecular flexibility index (Phi) is 5.60. The molecule has 128 valence electrons. The molecule has 2 heterocycles. The van der Waals surface area contributed by atoms with E-state index in [-0.39, 0.29) is 5.91 Å². The Morgan fingerprint density at radius 1 is 1.25 bits per heavy atom. The number of thiazole rings is 1. The van der Waals surface area contributed by atoms with Crippen LogP contribution < -0.4 is 5.32 Å². The predicted octanol–water partition coefficient (Wildman–Crippen LogP) is 2.52. The third-order valence-electron chi connectivity index (χ3n) is 4.08. The molecule has 1 aliphatic rings. The molecule has 24 heavy (non-hydrogen) atoms. The highest BCUT2D eigenvalue weighted by Crippen LogP contribution is 2.20. The van der Waals surface area contributed by atoms with E-state index in [1.54, 1.807) is 0 Å². The summed E-state index contributed by atoms with van der Waals surface area (Å²) in [6.07, 6.45) is 0. The van der Waals surface area contributed by atoms with E-state index < -0.39 is 0 Å². The van der Waals surface area contributed by atoms with Crippen molar-refractivity contribution >= 4 is 17.2 Å². The second kappa shape index (κ2) is 7.88. The number of carbonyl (C=O) groups excluding carboxylic acids is 1. The van der Waals surface area contributed by atoms with Gasteiger partial charge in [0.15, 0.2) is 0 Å². The fourth-order valence-corrected chi connectivity index (χ4v) is 3.67. The molecule has 1 fully saturated rings. The third kappa shape index (κ3) is 4.41. The number of benzene rings is 1. The van der Waals surface area contributed by atoms with Crippen LogP contribution in [0.25, 0.3) is 0 Å². The van der Waals surface area contributed by atoms with Crippen LogP contribution in [0.5, 0.6) is 0 Å². The molecule has 1 amide bonds. The highest BCUT2D eigenvalue weighted by molar-refractivity contribution is 7.13. The molecule has 1 N–H and O–H groups in total. The first-order chi connectivity index (χ1) is 11.6. The Labute approximate surface area is 146 Å². The van der Waals surface area contributed by atoms with E-state index in [1.807, 2.05) is 19.1 Å². The van der Waals surface area contributed by atoms with Crippen LogP contribution >= 0.6 is 11.3 Å². The number of aryl methyl sites for hydroxylation is 2. The summed E-state index contributed by atoms with van der Waals surface area (Å²) in [5, 5.41) is 3.99. The maximum absolute atomic E-state index is 12.4. The van der Waals surface area contributed by atoms with E-state index in [2.05, 4.69) is 34.3 Å². The molecule has 1 aliphatic heterocycles. The molecule has 1 aromatic heterocycles. The lowest BCUT2D eigenvalue weighted by molar-refractivity contribution is 0.0341. The van der Waals surface area contributed by atoms with Crippen molar-refractivity contribution in [2.75, 3.05) is 26.3 Å². The van der Waals surface area contributed by atoms with Gasteiger partial charge in [-0.15, -0.1) is 11.3 Å². The van der Waals surface area contributed by atoms with E-state index in [1.165, 1.54) is 16.9 Å². The second-order valence-electron chi connectivity index (χ2n) is 6.08. The van der Waals surface area contributed by atoms with Crippen molar-refractivity contribution in [3.8, 4) is 0 Å². The fraction of sp³-hybridized carbons (Fsp3) is 0.444. The van der Waals surface area contributed by atoms with Gasteiger partial charge < -0.3 is 10.1 Å². The van der Waals surface area contributed by atoms with E-state index in [9.17, 15) is 4.79 Å². The monoisotopic (exact) mass is 345 g/mol. The van der Waals surface area contributed by atoms with E-state index in [0.29, 0.717) is 11.4 Å². The summed E-state index contributed by atoms with van der Waals surface area (Å²) in [4.78, 5) is 20.0. The van der Waals surface area contributed by atoms with Crippen molar-refractivity contribution in [2.24, 2.45) is 0 Å². The van der Waals surface area contributed by atoms with Gasteiger partial charge in [0.25, 0.3) is 5.91 Å². The molecule has 3 rings (SSSR count). The Morgan fingerprint density at radius 2 is 1.96 bits per heavy atom. The molecule has 0 bridgehead atoms. The van der Waals surface area contributed by atoms with E-state index >= 15 is 0 Å². The molecular weight excluding hydrogens is 322 g/mol. The minimum absolute atomic E-state index is 0.0428. The average molecular weight is 345 g/mol. The van der Waals surface area contributed by atoms with Crippen LogP contribution in [-0.2, 0) is 17.8 Å². The molecule has 0 saturated carbocycles. The summed E-state index contributed by atoms with van der Waals surface area (Å²) in [7, 11) is 0. The highest BCUT2D eigenvalue weighted by atomic mass is 32.1. The third-order valence-corrected chi connectivity index (χ3v) is 5.22. The Bertz CT molecular complexity index is 691. The molecule has 0 spiro atoms. The summed E-state index contributed by atoms with van der Waals surface area (Å²) in [6.45, 7) is 8.68. The summed E-state index contributed by atoms with van der Waals surface area (Å²) in [5.41, 5.74) is 3.13. The quantitative estimate of drug-likeness (QED) is 0.905. The number of carbonyl (C=O) groups is 1. The number of ether oxygens (including phenoxy) is 1. The molecule has 0 aliphatic carbocycles. The molecule has 5 nitrogen and oxygen atoms in total. The zero-order chi connectivity index (χ0) is 16.9. The van der Waals surface area contributed by atoms with Crippen LogP contribution in [0.2, 0.25) is 0 Å². The fourth-order valence-electron chi connectivity index (χ4n) is 2.65. The van der Waals surface area contributed by atoms with Crippen molar-refractivity contribution < 1.29 is 9.53 Å². The molecular formula is C18H23N3O2S. The number of rotatable bonds is 5. The Hall–Kier alpha value is -1.76. The standard InChI is InChI=1S/C18H23N3O2S/c1-13-3-5-15(6-4-13)11-19-18(22)17-14(2)20-16(24-17)12-21-7-9-23-10-8-21/h3-6H,7-12H2,1-2H3,(H,19,22). The summed E-state index contributed by atoms with van der Waals surface area (Å²) < 4.78 is 5.36. The van der Waals surface area contributed by atoms with Gasteiger partial charge in [0.2, 0.25) is 0 Å². The summed E-state index contributed by atoms with van der Waals surface area (Å²) in [5.74, 6) is -0.0428. The molecule has 0 unspecified atom stereocenters. The van der Waals surface area contributed by atoms with Gasteiger partial charge in [0, 0.05) is 19.6 Å². The van der Waals surface area contributed by atoms with Crippen molar-refractivity contribution in [2.45, 2.75) is 26.9 Å². The maximum Gasteiger partial charge on any atom is 0.263 e. The van der Waals surface area contributed by atoms with E-state index in [0.717, 1.165) is 49.1 Å². The van der Waals surface area contributed by atoms with Crippen LogP contribution in [0.4, 0.5) is 0 Å². The van der Waals surface area contributed by atoms with Gasteiger partial charge in [-0.1, -0.05) is 29.8 Å². The number of morpholine rings is 1. The minimum atomic E-state index is -0.0428. The lowest BCUT2D eigenvalue weighted by Gasteiger charge is -2.25. The average Bonchev–Trinajstić information content (AvgIpc) is 2.95. The van der Waals surface area contributed by atoms with Crippen molar-refractivity contribution in [3.05, 3.63) is 51.0 Å². The number of amides is 1. The van der Waals surface area contributed by atoms with Gasteiger partial charge >= 0.3 is 0 Å². The summed E-state index contributed by atoms with van der Waals surface area (Å²) >= 11 is 1.49. The molecule has 6 heteroatoms. The topological polar surface area (TPSA) is 54.5 Å². The maximum atomic E-state index is 12.4. The number of hydrogen-bond acceptors (Lipinski definition) is 5. The SMILES string of the molecule is Cc1ccc(CNC(=O)c2sc(CN3CCOCC3)nc2C)cc1. The minimum Gasteiger partial charge on any atom is -0.379 e. The van der Waals surface area contributed by atoms with Gasteiger partial charge in [-0.25, -0.2) is 4.98 Å². The van der Waals surface area contributed by atoms with Crippen LogP contribution in [0.1, 0.15) is 31.5 Å². The van der Waals surface area contributed by atoms with Crippen molar-refractivity contribution in [3.63, 3.8) is 0 Å². The number of nitrogens with one attached hydrogen (secondary N) is 1. The predicted molar refractivity (Wildman–Crippen MR) is 95.3 cm³/mol.